The molecule has 0 bridgehead atoms. The molecule has 4 rings (SSSR count). The summed E-state index contributed by atoms with van der Waals surface area (Å²) < 4.78 is 6.23. The molecule has 0 saturated heterocycles. The average molecular weight is 455 g/mol. The van der Waals surface area contributed by atoms with Crippen LogP contribution in [0, 0.1) is 19.8 Å². The predicted octanol–water partition coefficient (Wildman–Crippen LogP) is 4.91. The highest BCUT2D eigenvalue weighted by Crippen LogP contribution is 2.35. The second-order valence-corrected chi connectivity index (χ2v) is 10.6. The summed E-state index contributed by atoms with van der Waals surface area (Å²) in [5.41, 5.74) is 3.49. The van der Waals surface area contributed by atoms with Crippen molar-refractivity contribution in [1.29, 1.82) is 0 Å². The van der Waals surface area contributed by atoms with Crippen molar-refractivity contribution < 1.29 is 14.3 Å². The molecular formula is C26H34N2O3S. The van der Waals surface area contributed by atoms with Gasteiger partial charge in [0.15, 0.2) is 0 Å². The number of thiophene rings is 1. The molecule has 1 aliphatic heterocycles. The monoisotopic (exact) mass is 454 g/mol. The lowest BCUT2D eigenvalue weighted by molar-refractivity contribution is -0.143. The van der Waals surface area contributed by atoms with Crippen LogP contribution in [0.25, 0.3) is 0 Å². The van der Waals surface area contributed by atoms with E-state index in [-0.39, 0.29) is 30.4 Å². The van der Waals surface area contributed by atoms with Gasteiger partial charge in [0.05, 0.1) is 6.04 Å². The largest absolute Gasteiger partial charge is 0.491 e. The molecule has 6 heteroatoms. The minimum Gasteiger partial charge on any atom is -0.491 e. The second kappa shape index (κ2) is 9.65. The predicted molar refractivity (Wildman–Crippen MR) is 128 cm³/mol. The molecule has 32 heavy (non-hydrogen) atoms. The number of rotatable bonds is 8. The second-order valence-electron chi connectivity index (χ2n) is 9.58. The van der Waals surface area contributed by atoms with Gasteiger partial charge < -0.3 is 14.5 Å². The Labute approximate surface area is 195 Å². The van der Waals surface area contributed by atoms with Gasteiger partial charge in [0.2, 0.25) is 11.8 Å². The first-order valence-electron chi connectivity index (χ1n) is 11.7. The summed E-state index contributed by atoms with van der Waals surface area (Å²) in [5.74, 6) is 1.28. The van der Waals surface area contributed by atoms with Crippen LogP contribution in [0.4, 0.5) is 0 Å². The Hall–Kier alpha value is -2.34. The van der Waals surface area contributed by atoms with Crippen LogP contribution in [0.1, 0.15) is 60.7 Å². The fourth-order valence-electron chi connectivity index (χ4n) is 4.51. The molecule has 0 N–H and O–H groups in total. The van der Waals surface area contributed by atoms with Gasteiger partial charge >= 0.3 is 0 Å². The van der Waals surface area contributed by atoms with E-state index in [1.165, 1.54) is 16.0 Å². The molecule has 1 fully saturated rings. The number of hydrogen-bond acceptors (Lipinski definition) is 4. The van der Waals surface area contributed by atoms with Gasteiger partial charge in [-0.25, -0.2) is 0 Å². The Kier molecular flexibility index (Phi) is 6.89. The number of benzene rings is 1. The first-order chi connectivity index (χ1) is 15.3. The van der Waals surface area contributed by atoms with Crippen LogP contribution in [0.3, 0.4) is 0 Å². The Morgan fingerprint density at radius 1 is 1.22 bits per heavy atom. The third-order valence-corrected chi connectivity index (χ3v) is 7.34. The van der Waals surface area contributed by atoms with Crippen molar-refractivity contribution in [2.75, 3.05) is 19.7 Å². The van der Waals surface area contributed by atoms with Crippen LogP contribution in [0.15, 0.2) is 29.6 Å². The maximum atomic E-state index is 13.5. The number of carbonyl (C=O) groups is 2. The summed E-state index contributed by atoms with van der Waals surface area (Å²) in [6, 6.07) is 8.40. The summed E-state index contributed by atoms with van der Waals surface area (Å²) >= 11 is 1.75. The van der Waals surface area contributed by atoms with Gasteiger partial charge in [0.1, 0.15) is 18.9 Å². The van der Waals surface area contributed by atoms with Crippen LogP contribution >= 0.6 is 11.3 Å². The quantitative estimate of drug-likeness (QED) is 0.570. The van der Waals surface area contributed by atoms with E-state index in [0.717, 1.165) is 30.6 Å². The molecule has 0 unspecified atom stereocenters. The van der Waals surface area contributed by atoms with Crippen molar-refractivity contribution in [3.8, 4) is 5.75 Å². The van der Waals surface area contributed by atoms with Crippen molar-refractivity contribution in [3.63, 3.8) is 0 Å². The zero-order chi connectivity index (χ0) is 22.8. The van der Waals surface area contributed by atoms with Gasteiger partial charge in [-0.1, -0.05) is 31.5 Å². The molecule has 0 spiro atoms. The first kappa shape index (κ1) is 22.8. The van der Waals surface area contributed by atoms with Gasteiger partial charge in [-0.2, -0.15) is 0 Å². The zero-order valence-corrected chi connectivity index (χ0v) is 20.4. The van der Waals surface area contributed by atoms with Crippen molar-refractivity contribution in [3.05, 3.63) is 51.2 Å². The van der Waals surface area contributed by atoms with E-state index in [0.29, 0.717) is 25.5 Å². The van der Waals surface area contributed by atoms with Crippen molar-refractivity contribution >= 4 is 23.2 Å². The third kappa shape index (κ3) is 5.17. The Morgan fingerprint density at radius 3 is 2.69 bits per heavy atom. The van der Waals surface area contributed by atoms with E-state index in [9.17, 15) is 9.59 Å². The Bertz CT molecular complexity index is 979. The molecular weight excluding hydrogens is 420 g/mol. The lowest BCUT2D eigenvalue weighted by Gasteiger charge is -2.37. The first-order valence-corrected chi connectivity index (χ1v) is 12.6. The fourth-order valence-corrected chi connectivity index (χ4v) is 5.44. The van der Waals surface area contributed by atoms with Crippen LogP contribution in [0.5, 0.6) is 5.75 Å². The molecule has 2 amide bonds. The van der Waals surface area contributed by atoms with Gasteiger partial charge in [-0.15, -0.1) is 11.3 Å². The van der Waals surface area contributed by atoms with E-state index >= 15 is 0 Å². The number of ether oxygens (including phenoxy) is 1. The highest BCUT2D eigenvalue weighted by molar-refractivity contribution is 7.10. The van der Waals surface area contributed by atoms with Crippen LogP contribution in [-0.4, -0.2) is 47.4 Å². The van der Waals surface area contributed by atoms with Gasteiger partial charge in [-0.3, -0.25) is 9.59 Å². The van der Waals surface area contributed by atoms with Crippen molar-refractivity contribution in [1.82, 2.24) is 9.80 Å². The van der Waals surface area contributed by atoms with E-state index < -0.39 is 0 Å². The normalized spacial score (nSPS) is 17.9. The van der Waals surface area contributed by atoms with Crippen LogP contribution in [-0.2, 0) is 16.0 Å². The number of carbonyl (C=O) groups excluding carboxylic acids is 2. The minimum atomic E-state index is -0.126. The van der Waals surface area contributed by atoms with Gasteiger partial charge in [0.25, 0.3) is 0 Å². The molecule has 1 aromatic heterocycles. The maximum Gasteiger partial charge on any atom is 0.242 e. The van der Waals surface area contributed by atoms with E-state index in [1.54, 1.807) is 11.3 Å². The molecule has 172 valence electrons. The number of hydrogen-bond donors (Lipinski definition) is 0. The standard InChI is InChI=1S/C26H34N2O3S/c1-17(2)13-25(29)28(20-6-7-20)15-26(30)27-11-9-24-21(10-12-32-24)22(27)16-31-23-8-5-18(3)14-19(23)4/h5,8,10,12,14,17,20,22H,6-7,9,11,13,15-16H2,1-4H3/t22-/m1/s1. The van der Waals surface area contributed by atoms with Crippen molar-refractivity contribution in [2.24, 2.45) is 5.92 Å². The topological polar surface area (TPSA) is 49.9 Å². The molecule has 1 saturated carbocycles. The zero-order valence-electron chi connectivity index (χ0n) is 19.6. The van der Waals surface area contributed by atoms with E-state index in [2.05, 4.69) is 37.4 Å². The Balaban J connectivity index is 1.50. The fraction of sp³-hybridized carbons (Fsp3) is 0.538. The third-order valence-electron chi connectivity index (χ3n) is 6.34. The maximum absolute atomic E-state index is 13.5. The van der Waals surface area contributed by atoms with Crippen molar-refractivity contribution in [2.45, 2.75) is 65.5 Å². The SMILES string of the molecule is Cc1ccc(OC[C@@H]2c3ccsc3CCN2C(=O)CN(C(=O)CC(C)C)C2CC2)c(C)c1. The molecule has 1 atom stereocenters. The summed E-state index contributed by atoms with van der Waals surface area (Å²) in [4.78, 5) is 31.4. The molecule has 1 aliphatic carbocycles. The number of nitrogens with zero attached hydrogens (tertiary/aromatic N) is 2. The average Bonchev–Trinajstić information content (AvgIpc) is 3.46. The summed E-state index contributed by atoms with van der Waals surface area (Å²) in [6.07, 6.45) is 3.37. The smallest absolute Gasteiger partial charge is 0.242 e. The summed E-state index contributed by atoms with van der Waals surface area (Å²) in [6.45, 7) is 9.49. The lowest BCUT2D eigenvalue weighted by atomic mass is 10.00. The summed E-state index contributed by atoms with van der Waals surface area (Å²) in [7, 11) is 0. The molecule has 2 aromatic rings. The summed E-state index contributed by atoms with van der Waals surface area (Å²) in [5, 5.41) is 2.10. The van der Waals surface area contributed by atoms with Crippen LogP contribution < -0.4 is 4.74 Å². The number of amides is 2. The minimum absolute atomic E-state index is 0.0279. The molecule has 2 heterocycles. The highest BCUT2D eigenvalue weighted by Gasteiger charge is 2.37. The lowest BCUT2D eigenvalue weighted by Crippen LogP contribution is -2.48. The molecule has 1 aromatic carbocycles. The Morgan fingerprint density at radius 2 is 2.00 bits per heavy atom. The highest BCUT2D eigenvalue weighted by atomic mass is 32.1. The molecule has 0 radical (unpaired) electrons. The molecule has 2 aliphatic rings. The molecule has 5 nitrogen and oxygen atoms in total. The van der Waals surface area contributed by atoms with Crippen LogP contribution in [0.2, 0.25) is 0 Å². The van der Waals surface area contributed by atoms with Gasteiger partial charge in [-0.05, 0) is 67.7 Å². The van der Waals surface area contributed by atoms with E-state index in [1.807, 2.05) is 29.7 Å². The number of aryl methyl sites for hydroxylation is 2. The van der Waals surface area contributed by atoms with Gasteiger partial charge in [0, 0.05) is 23.9 Å². The number of fused-ring (bicyclic) bond motifs is 1. The van der Waals surface area contributed by atoms with E-state index in [4.69, 9.17) is 4.74 Å².